The Hall–Kier alpha value is -2.45. The molecule has 2 aliphatic rings. The molecular formula is C23H32N8O3S2. The van der Waals surface area contributed by atoms with Crippen LogP contribution in [0.15, 0.2) is 18.5 Å². The van der Waals surface area contributed by atoms with Gasteiger partial charge in [-0.2, -0.15) is 4.31 Å². The van der Waals surface area contributed by atoms with Crippen molar-refractivity contribution in [2.45, 2.75) is 26.4 Å². The molecule has 13 heteroatoms. The number of thiophene rings is 1. The zero-order valence-electron chi connectivity index (χ0n) is 20.8. The molecule has 36 heavy (non-hydrogen) atoms. The van der Waals surface area contributed by atoms with Crippen LogP contribution in [-0.4, -0.2) is 102 Å². The maximum absolute atomic E-state index is 11.8. The third-order valence-electron chi connectivity index (χ3n) is 6.22. The van der Waals surface area contributed by atoms with Crippen molar-refractivity contribution in [1.29, 1.82) is 0 Å². The number of piperazine rings is 1. The first-order chi connectivity index (χ1) is 17.3. The minimum Gasteiger partial charge on any atom is -0.378 e. The molecule has 1 N–H and O–H groups in total. The van der Waals surface area contributed by atoms with E-state index in [1.54, 1.807) is 28.0 Å². The molecule has 0 bridgehead atoms. The van der Waals surface area contributed by atoms with Crippen LogP contribution in [0.1, 0.15) is 18.7 Å². The van der Waals surface area contributed by atoms with Gasteiger partial charge in [0.05, 0.1) is 35.2 Å². The van der Waals surface area contributed by atoms with E-state index in [0.717, 1.165) is 41.2 Å². The predicted molar refractivity (Wildman–Crippen MR) is 142 cm³/mol. The SMILES string of the molecule is CC(C)Nc1ncc(-c2nc(N3CCOCC3)c3sc(CN4CCN(S(C)(=O)=O)CC4)cc3n2)cn1. The lowest BCUT2D eigenvalue weighted by Crippen LogP contribution is -2.47. The summed E-state index contributed by atoms with van der Waals surface area (Å²) in [4.78, 5) is 24.5. The Morgan fingerprint density at radius 1 is 1.06 bits per heavy atom. The highest BCUT2D eigenvalue weighted by Crippen LogP contribution is 2.35. The fourth-order valence-corrected chi connectivity index (χ4v) is 6.36. The van der Waals surface area contributed by atoms with E-state index in [1.165, 1.54) is 11.1 Å². The fraction of sp³-hybridized carbons (Fsp3) is 0.565. The predicted octanol–water partition coefficient (Wildman–Crippen LogP) is 1.88. The topological polar surface area (TPSA) is 117 Å². The molecule has 0 unspecified atom stereocenters. The maximum Gasteiger partial charge on any atom is 0.222 e. The van der Waals surface area contributed by atoms with Crippen molar-refractivity contribution < 1.29 is 13.2 Å². The summed E-state index contributed by atoms with van der Waals surface area (Å²) in [5.74, 6) is 2.10. The van der Waals surface area contributed by atoms with E-state index >= 15 is 0 Å². The van der Waals surface area contributed by atoms with Crippen molar-refractivity contribution in [2.75, 3.05) is 69.0 Å². The van der Waals surface area contributed by atoms with Gasteiger partial charge in [-0.1, -0.05) is 0 Å². The Morgan fingerprint density at radius 3 is 2.39 bits per heavy atom. The lowest BCUT2D eigenvalue weighted by molar-refractivity contribution is 0.122. The summed E-state index contributed by atoms with van der Waals surface area (Å²) in [7, 11) is -3.14. The first kappa shape index (κ1) is 25.2. The summed E-state index contributed by atoms with van der Waals surface area (Å²) in [6, 6.07) is 2.38. The number of anilines is 2. The molecule has 5 heterocycles. The normalized spacial score (nSPS) is 18.3. The Morgan fingerprint density at radius 2 is 1.75 bits per heavy atom. The number of hydrogen-bond donors (Lipinski definition) is 1. The van der Waals surface area contributed by atoms with Crippen molar-refractivity contribution in [2.24, 2.45) is 0 Å². The molecule has 5 rings (SSSR count). The van der Waals surface area contributed by atoms with Crippen LogP contribution in [0.2, 0.25) is 0 Å². The highest BCUT2D eigenvalue weighted by molar-refractivity contribution is 7.88. The summed E-state index contributed by atoms with van der Waals surface area (Å²) in [6.45, 7) is 10.2. The number of nitrogens with one attached hydrogen (secondary N) is 1. The molecule has 2 fully saturated rings. The van der Waals surface area contributed by atoms with Crippen LogP contribution < -0.4 is 10.2 Å². The fourth-order valence-electron chi connectivity index (χ4n) is 4.38. The Labute approximate surface area is 215 Å². The third kappa shape index (κ3) is 5.75. The quantitative estimate of drug-likeness (QED) is 0.483. The molecule has 0 radical (unpaired) electrons. The van der Waals surface area contributed by atoms with Gasteiger partial charge in [0.2, 0.25) is 16.0 Å². The van der Waals surface area contributed by atoms with Crippen LogP contribution in [0.4, 0.5) is 11.8 Å². The van der Waals surface area contributed by atoms with Crippen LogP contribution in [-0.2, 0) is 21.3 Å². The van der Waals surface area contributed by atoms with Crippen molar-refractivity contribution in [1.82, 2.24) is 29.1 Å². The van der Waals surface area contributed by atoms with E-state index in [-0.39, 0.29) is 6.04 Å². The summed E-state index contributed by atoms with van der Waals surface area (Å²) in [6.07, 6.45) is 4.80. The molecule has 0 saturated carbocycles. The number of hydrogen-bond acceptors (Lipinski definition) is 11. The number of sulfonamides is 1. The number of morpholine rings is 1. The first-order valence-corrected chi connectivity index (χ1v) is 14.8. The van der Waals surface area contributed by atoms with Gasteiger partial charge in [0.15, 0.2) is 11.6 Å². The molecule has 3 aromatic heterocycles. The van der Waals surface area contributed by atoms with Gasteiger partial charge < -0.3 is 15.0 Å². The van der Waals surface area contributed by atoms with Crippen LogP contribution in [0.25, 0.3) is 21.6 Å². The van der Waals surface area contributed by atoms with Crippen molar-refractivity contribution in [3.8, 4) is 11.4 Å². The van der Waals surface area contributed by atoms with Gasteiger partial charge in [-0.15, -0.1) is 11.3 Å². The van der Waals surface area contributed by atoms with Crippen molar-refractivity contribution >= 4 is 43.3 Å². The van der Waals surface area contributed by atoms with Gasteiger partial charge in [0.25, 0.3) is 0 Å². The molecule has 194 valence electrons. The molecule has 3 aromatic rings. The van der Waals surface area contributed by atoms with Crippen molar-refractivity contribution in [3.05, 3.63) is 23.3 Å². The lowest BCUT2D eigenvalue weighted by atomic mass is 10.3. The van der Waals surface area contributed by atoms with E-state index in [2.05, 4.69) is 31.2 Å². The van der Waals surface area contributed by atoms with Gasteiger partial charge in [0, 0.05) is 69.1 Å². The van der Waals surface area contributed by atoms with Crippen LogP contribution in [0, 0.1) is 0 Å². The maximum atomic E-state index is 11.8. The van der Waals surface area contributed by atoms with Gasteiger partial charge in [-0.05, 0) is 19.9 Å². The highest BCUT2D eigenvalue weighted by atomic mass is 32.2. The molecule has 0 aliphatic carbocycles. The first-order valence-electron chi connectivity index (χ1n) is 12.2. The van der Waals surface area contributed by atoms with E-state index in [1.807, 2.05) is 13.8 Å². The minimum absolute atomic E-state index is 0.245. The molecule has 0 atom stereocenters. The number of fused-ring (bicyclic) bond motifs is 1. The lowest BCUT2D eigenvalue weighted by Gasteiger charge is -2.32. The van der Waals surface area contributed by atoms with Crippen LogP contribution >= 0.6 is 11.3 Å². The molecule has 0 spiro atoms. The Bertz CT molecular complexity index is 1300. The second kappa shape index (κ2) is 10.5. The minimum atomic E-state index is -3.14. The number of aromatic nitrogens is 4. The van der Waals surface area contributed by atoms with Gasteiger partial charge in [-0.3, -0.25) is 4.90 Å². The van der Waals surface area contributed by atoms with Gasteiger partial charge in [-0.25, -0.2) is 28.4 Å². The Kier molecular flexibility index (Phi) is 7.35. The molecule has 0 amide bonds. The average Bonchev–Trinajstić information content (AvgIpc) is 3.26. The number of rotatable bonds is 7. The van der Waals surface area contributed by atoms with Gasteiger partial charge in [0.1, 0.15) is 0 Å². The number of ether oxygens (including phenoxy) is 1. The summed E-state index contributed by atoms with van der Waals surface area (Å²) in [5, 5.41) is 3.20. The summed E-state index contributed by atoms with van der Waals surface area (Å²) in [5.41, 5.74) is 1.67. The zero-order chi connectivity index (χ0) is 25.3. The average molecular weight is 533 g/mol. The summed E-state index contributed by atoms with van der Waals surface area (Å²) < 4.78 is 31.9. The summed E-state index contributed by atoms with van der Waals surface area (Å²) >= 11 is 1.71. The standard InChI is InChI=1S/C23H32N8O3S2/c1-16(2)26-23-24-13-17(14-25-23)21-27-19-12-18(15-29-4-6-31(7-5-29)36(3,32)33)35-20(19)22(28-21)30-8-10-34-11-9-30/h12-14,16H,4-11,15H2,1-3H3,(H,24,25,26). The van der Waals surface area contributed by atoms with E-state index in [9.17, 15) is 8.42 Å². The van der Waals surface area contributed by atoms with Gasteiger partial charge >= 0.3 is 0 Å². The third-order valence-corrected chi connectivity index (χ3v) is 8.63. The highest BCUT2D eigenvalue weighted by Gasteiger charge is 2.25. The molecule has 2 saturated heterocycles. The van der Waals surface area contributed by atoms with E-state index in [0.29, 0.717) is 51.2 Å². The van der Waals surface area contributed by atoms with Crippen LogP contribution in [0.5, 0.6) is 0 Å². The number of nitrogens with zero attached hydrogens (tertiary/aromatic N) is 7. The largest absolute Gasteiger partial charge is 0.378 e. The van der Waals surface area contributed by atoms with Crippen molar-refractivity contribution in [3.63, 3.8) is 0 Å². The second-order valence-electron chi connectivity index (χ2n) is 9.43. The smallest absolute Gasteiger partial charge is 0.222 e. The Balaban J connectivity index is 1.43. The van der Waals surface area contributed by atoms with Crippen LogP contribution in [0.3, 0.4) is 0 Å². The molecule has 11 nitrogen and oxygen atoms in total. The zero-order valence-corrected chi connectivity index (χ0v) is 22.5. The monoisotopic (exact) mass is 532 g/mol. The van der Waals surface area contributed by atoms with E-state index < -0.39 is 10.0 Å². The second-order valence-corrected chi connectivity index (χ2v) is 12.5. The molecule has 0 aromatic carbocycles. The van der Waals surface area contributed by atoms with E-state index in [4.69, 9.17) is 14.7 Å². The molecule has 2 aliphatic heterocycles. The molecular weight excluding hydrogens is 500 g/mol.